The van der Waals surface area contributed by atoms with Gasteiger partial charge in [-0.05, 0) is 38.5 Å². The second kappa shape index (κ2) is 7.94. The number of hydrogen-bond acceptors (Lipinski definition) is 7. The number of amidine groups is 1. The van der Waals surface area contributed by atoms with Crippen molar-refractivity contribution in [3.8, 4) is 6.07 Å². The molecule has 2 N–H and O–H groups in total. The number of pyridine rings is 2. The lowest BCUT2D eigenvalue weighted by Crippen LogP contribution is -2.60. The van der Waals surface area contributed by atoms with Gasteiger partial charge in [0.2, 0.25) is 5.60 Å². The maximum absolute atomic E-state index is 14.6. The Bertz CT molecular complexity index is 1160. The molecule has 0 fully saturated rings. The Morgan fingerprint density at radius 3 is 2.53 bits per heavy atom. The number of nitrogens with two attached hydrogens (primary N) is 1. The van der Waals surface area contributed by atoms with Crippen LogP contribution in [-0.4, -0.2) is 40.0 Å². The number of carbonyl (C=O) groups excluding carboxylic acids is 1. The van der Waals surface area contributed by atoms with Crippen LogP contribution in [0.4, 0.5) is 17.6 Å². The van der Waals surface area contributed by atoms with Gasteiger partial charge in [0.05, 0.1) is 24.8 Å². The molecule has 0 aromatic carbocycles. The number of aliphatic imine (C=N–C) groups is 1. The normalized spacial score (nSPS) is 23.4. The molecule has 0 bridgehead atoms. The van der Waals surface area contributed by atoms with Crippen molar-refractivity contribution in [3.63, 3.8) is 0 Å². The number of ketones is 1. The molecular formula is C21H19F4N5O2. The number of nitriles is 1. The number of alkyl halides is 3. The molecule has 0 amide bonds. The van der Waals surface area contributed by atoms with Crippen molar-refractivity contribution in [2.75, 3.05) is 6.61 Å². The first-order valence-electron chi connectivity index (χ1n) is 9.42. The summed E-state index contributed by atoms with van der Waals surface area (Å²) < 4.78 is 59.6. The first kappa shape index (κ1) is 23.3. The smallest absolute Gasteiger partial charge is 0.385 e. The van der Waals surface area contributed by atoms with Crippen LogP contribution in [0.1, 0.15) is 46.7 Å². The summed E-state index contributed by atoms with van der Waals surface area (Å²) in [5.41, 5.74) is 2.22. The van der Waals surface area contributed by atoms with Gasteiger partial charge in [0, 0.05) is 17.5 Å². The zero-order chi connectivity index (χ0) is 23.9. The predicted octanol–water partition coefficient (Wildman–Crippen LogP) is 3.14. The van der Waals surface area contributed by atoms with E-state index in [1.807, 2.05) is 6.07 Å². The lowest BCUT2D eigenvalue weighted by molar-refractivity contribution is -0.249. The lowest BCUT2D eigenvalue weighted by atomic mass is 9.89. The quantitative estimate of drug-likeness (QED) is 0.567. The summed E-state index contributed by atoms with van der Waals surface area (Å²) in [4.78, 5) is 24.5. The van der Waals surface area contributed by atoms with Gasteiger partial charge in [-0.2, -0.15) is 18.4 Å². The minimum Gasteiger partial charge on any atom is -0.385 e. The Balaban J connectivity index is 1.93. The largest absolute Gasteiger partial charge is 0.424 e. The van der Waals surface area contributed by atoms with Crippen molar-refractivity contribution in [2.24, 2.45) is 10.7 Å². The Labute approximate surface area is 181 Å². The van der Waals surface area contributed by atoms with Crippen molar-refractivity contribution in [1.29, 1.82) is 5.26 Å². The van der Waals surface area contributed by atoms with Crippen LogP contribution in [0.15, 0.2) is 29.5 Å². The van der Waals surface area contributed by atoms with Gasteiger partial charge in [-0.25, -0.2) is 4.39 Å². The van der Waals surface area contributed by atoms with Gasteiger partial charge in [0.15, 0.2) is 5.78 Å². The van der Waals surface area contributed by atoms with Crippen molar-refractivity contribution in [3.05, 3.63) is 58.4 Å². The van der Waals surface area contributed by atoms with Crippen molar-refractivity contribution in [1.82, 2.24) is 9.97 Å². The summed E-state index contributed by atoms with van der Waals surface area (Å²) in [6.45, 7) is 3.17. The molecule has 0 unspecified atom stereocenters. The second-order valence-electron chi connectivity index (χ2n) is 7.85. The molecule has 0 spiro atoms. The zero-order valence-electron chi connectivity index (χ0n) is 17.4. The maximum Gasteiger partial charge on any atom is 0.424 e. The summed E-state index contributed by atoms with van der Waals surface area (Å²) in [7, 11) is 0. The topological polar surface area (TPSA) is 114 Å². The van der Waals surface area contributed by atoms with Crippen LogP contribution >= 0.6 is 0 Å². The molecule has 0 radical (unpaired) electrons. The van der Waals surface area contributed by atoms with Crippen LogP contribution in [0.25, 0.3) is 0 Å². The highest BCUT2D eigenvalue weighted by Gasteiger charge is 2.59. The highest BCUT2D eigenvalue weighted by atomic mass is 19.4. The summed E-state index contributed by atoms with van der Waals surface area (Å²) in [5, 5.41) is 8.91. The third kappa shape index (κ3) is 4.05. The Hall–Kier alpha value is -3.39. The zero-order valence-corrected chi connectivity index (χ0v) is 17.4. The van der Waals surface area contributed by atoms with Crippen LogP contribution in [0, 0.1) is 24.1 Å². The van der Waals surface area contributed by atoms with Gasteiger partial charge in [0.1, 0.15) is 29.0 Å². The van der Waals surface area contributed by atoms with E-state index in [2.05, 4.69) is 15.0 Å². The van der Waals surface area contributed by atoms with E-state index in [9.17, 15) is 22.4 Å². The highest BCUT2D eigenvalue weighted by Crippen LogP contribution is 2.41. The first-order chi connectivity index (χ1) is 14.8. The fourth-order valence-corrected chi connectivity index (χ4v) is 3.30. The fraction of sp³-hybridized carbons (Fsp3) is 0.381. The van der Waals surface area contributed by atoms with Gasteiger partial charge >= 0.3 is 6.18 Å². The van der Waals surface area contributed by atoms with Crippen LogP contribution in [0.5, 0.6) is 0 Å². The van der Waals surface area contributed by atoms with Crippen molar-refractivity contribution >= 4 is 11.6 Å². The fourth-order valence-electron chi connectivity index (χ4n) is 3.30. The standard InChI is InChI=1S/C21H19F4N5O2/c1-11-4-12(7-26)8-29-17(11)16(31)6-13-5-14(15(22)9-28-13)19(2)10-32-20(3,18(27)30-19)21(23,24)25/h4-5,8-9H,6,10H2,1-3H3,(H2,27,30)/t19-,20+/m0/s1. The molecule has 2 aromatic rings. The minimum atomic E-state index is -4.80. The number of nitrogens with zero attached hydrogens (tertiary/aromatic N) is 4. The molecule has 3 heterocycles. The van der Waals surface area contributed by atoms with Gasteiger partial charge in [0.25, 0.3) is 0 Å². The van der Waals surface area contributed by atoms with E-state index >= 15 is 0 Å². The minimum absolute atomic E-state index is 0.105. The molecule has 1 aliphatic heterocycles. The highest BCUT2D eigenvalue weighted by molar-refractivity contribution is 5.96. The van der Waals surface area contributed by atoms with Crippen LogP contribution in [0.3, 0.4) is 0 Å². The molecule has 3 rings (SSSR count). The van der Waals surface area contributed by atoms with Gasteiger partial charge in [-0.15, -0.1) is 0 Å². The number of aromatic nitrogens is 2. The molecule has 168 valence electrons. The molecule has 2 aromatic heterocycles. The van der Waals surface area contributed by atoms with E-state index < -0.39 is 41.4 Å². The molecular weight excluding hydrogens is 430 g/mol. The monoisotopic (exact) mass is 449 g/mol. The number of carbonyl (C=O) groups is 1. The van der Waals surface area contributed by atoms with E-state index in [1.54, 1.807) is 6.92 Å². The lowest BCUT2D eigenvalue weighted by Gasteiger charge is -2.41. The Morgan fingerprint density at radius 1 is 1.28 bits per heavy atom. The molecule has 11 heteroatoms. The number of rotatable bonds is 4. The van der Waals surface area contributed by atoms with Crippen LogP contribution in [0.2, 0.25) is 0 Å². The number of hydrogen-bond donors (Lipinski definition) is 1. The predicted molar refractivity (Wildman–Crippen MR) is 105 cm³/mol. The maximum atomic E-state index is 14.6. The molecule has 2 atom stereocenters. The SMILES string of the molecule is Cc1cc(C#N)cnc1C(=O)Cc1cc([C@]2(C)CO[C@@](C)(C(F)(F)F)C(N)=N2)c(F)cn1. The number of ether oxygens (including phenoxy) is 1. The summed E-state index contributed by atoms with van der Waals surface area (Å²) >= 11 is 0. The molecule has 7 nitrogen and oxygen atoms in total. The Morgan fingerprint density at radius 2 is 1.97 bits per heavy atom. The number of halogens is 4. The number of Topliss-reactive ketones (excluding diaryl/α,β-unsaturated/α-hetero) is 1. The van der Waals surface area contributed by atoms with E-state index in [-0.39, 0.29) is 23.4 Å². The molecule has 0 saturated heterocycles. The summed E-state index contributed by atoms with van der Waals surface area (Å²) in [5.74, 6) is -2.08. The number of aryl methyl sites for hydroxylation is 1. The van der Waals surface area contributed by atoms with Crippen LogP contribution < -0.4 is 5.73 Å². The molecule has 1 aliphatic rings. The third-order valence-corrected chi connectivity index (χ3v) is 5.34. The molecule has 32 heavy (non-hydrogen) atoms. The van der Waals surface area contributed by atoms with E-state index in [1.165, 1.54) is 25.3 Å². The first-order valence-corrected chi connectivity index (χ1v) is 9.42. The van der Waals surface area contributed by atoms with E-state index in [0.717, 1.165) is 13.1 Å². The molecule has 0 saturated carbocycles. The molecule has 0 aliphatic carbocycles. The van der Waals surface area contributed by atoms with E-state index in [0.29, 0.717) is 11.1 Å². The summed E-state index contributed by atoms with van der Waals surface area (Å²) in [6, 6.07) is 4.69. The summed E-state index contributed by atoms with van der Waals surface area (Å²) in [6.07, 6.45) is -2.92. The van der Waals surface area contributed by atoms with E-state index in [4.69, 9.17) is 15.7 Å². The average molecular weight is 449 g/mol. The Kier molecular flexibility index (Phi) is 5.78. The van der Waals surface area contributed by atoms with Gasteiger partial charge in [-0.3, -0.25) is 19.8 Å². The van der Waals surface area contributed by atoms with Gasteiger partial charge in [-0.1, -0.05) is 0 Å². The van der Waals surface area contributed by atoms with Crippen LogP contribution in [-0.2, 0) is 16.7 Å². The van der Waals surface area contributed by atoms with Gasteiger partial charge < -0.3 is 10.5 Å². The van der Waals surface area contributed by atoms with Crippen molar-refractivity contribution < 1.29 is 27.1 Å². The van der Waals surface area contributed by atoms with Crippen molar-refractivity contribution in [2.45, 2.75) is 44.5 Å². The second-order valence-corrected chi connectivity index (χ2v) is 7.85. The average Bonchev–Trinajstić information content (AvgIpc) is 2.71. The third-order valence-electron chi connectivity index (χ3n) is 5.34.